The topological polar surface area (TPSA) is 77.2 Å². The van der Waals surface area contributed by atoms with Crippen LogP contribution < -0.4 is 10.5 Å². The standard InChI is InChI=1S/C25H27F2N3O3/c1-24(2)12-16(8-9-32-24)21-13-25(22(31)30(3)23(28)29-25)17-10-14(5-7-20(17)33-21)15-4-6-18(26)19(27)11-15/h4-7,10-11,16,21H,8-9,12-13H2,1-3H3,(H2,28,29). The third kappa shape index (κ3) is 3.57. The van der Waals surface area contributed by atoms with Gasteiger partial charge in [0.1, 0.15) is 11.9 Å². The number of nitrogens with two attached hydrogens (primary N) is 1. The first-order valence-electron chi connectivity index (χ1n) is 11.1. The number of nitrogens with zero attached hydrogens (tertiary/aromatic N) is 2. The van der Waals surface area contributed by atoms with Crippen LogP contribution in [-0.4, -0.2) is 42.1 Å². The number of ether oxygens (including phenoxy) is 2. The Balaban J connectivity index is 1.60. The van der Waals surface area contributed by atoms with Gasteiger partial charge in [-0.15, -0.1) is 0 Å². The highest BCUT2D eigenvalue weighted by Gasteiger charge is 2.55. The molecule has 6 nitrogen and oxygen atoms in total. The molecule has 3 heterocycles. The zero-order chi connectivity index (χ0) is 23.5. The largest absolute Gasteiger partial charge is 0.490 e. The van der Waals surface area contributed by atoms with E-state index in [0.717, 1.165) is 25.0 Å². The van der Waals surface area contributed by atoms with E-state index in [0.29, 0.717) is 35.5 Å². The molecule has 0 aliphatic carbocycles. The molecule has 1 spiro atoms. The molecule has 0 aromatic heterocycles. The fraction of sp³-hybridized carbons (Fsp3) is 0.440. The van der Waals surface area contributed by atoms with Crippen LogP contribution in [0.15, 0.2) is 41.4 Å². The summed E-state index contributed by atoms with van der Waals surface area (Å²) in [7, 11) is 1.61. The van der Waals surface area contributed by atoms with Gasteiger partial charge in [0.05, 0.1) is 5.60 Å². The Hall–Kier alpha value is -3.00. The van der Waals surface area contributed by atoms with Gasteiger partial charge in [0, 0.05) is 31.6 Å². The zero-order valence-corrected chi connectivity index (χ0v) is 18.9. The van der Waals surface area contributed by atoms with Crippen molar-refractivity contribution in [2.45, 2.75) is 50.4 Å². The zero-order valence-electron chi connectivity index (χ0n) is 18.9. The lowest BCUT2D eigenvalue weighted by Crippen LogP contribution is -2.49. The van der Waals surface area contributed by atoms with Crippen LogP contribution in [0, 0.1) is 17.6 Å². The maximum atomic E-state index is 13.9. The lowest BCUT2D eigenvalue weighted by molar-refractivity contribution is -0.134. The first kappa shape index (κ1) is 21.8. The molecule has 0 bridgehead atoms. The highest BCUT2D eigenvalue weighted by atomic mass is 19.2. The summed E-state index contributed by atoms with van der Waals surface area (Å²) in [6, 6.07) is 9.07. The lowest BCUT2D eigenvalue weighted by Gasteiger charge is -2.44. The quantitative estimate of drug-likeness (QED) is 0.744. The Morgan fingerprint density at radius 3 is 2.48 bits per heavy atom. The molecule has 5 rings (SSSR count). The van der Waals surface area contributed by atoms with Crippen molar-refractivity contribution in [2.24, 2.45) is 16.6 Å². The fourth-order valence-corrected chi connectivity index (χ4v) is 5.28. The summed E-state index contributed by atoms with van der Waals surface area (Å²) in [4.78, 5) is 19.5. The van der Waals surface area contributed by atoms with Gasteiger partial charge in [-0.3, -0.25) is 9.69 Å². The molecular weight excluding hydrogens is 428 g/mol. The number of rotatable bonds is 2. The number of benzene rings is 2. The van der Waals surface area contributed by atoms with Gasteiger partial charge in [-0.1, -0.05) is 12.1 Å². The van der Waals surface area contributed by atoms with Crippen LogP contribution in [0.5, 0.6) is 5.75 Å². The first-order valence-corrected chi connectivity index (χ1v) is 11.1. The van der Waals surface area contributed by atoms with E-state index in [4.69, 9.17) is 15.2 Å². The molecule has 2 aromatic rings. The van der Waals surface area contributed by atoms with E-state index in [1.165, 1.54) is 11.0 Å². The van der Waals surface area contributed by atoms with Gasteiger partial charge in [-0.25, -0.2) is 13.8 Å². The van der Waals surface area contributed by atoms with Gasteiger partial charge < -0.3 is 15.2 Å². The Kier molecular flexibility index (Phi) is 4.97. The van der Waals surface area contributed by atoms with Crippen LogP contribution in [0.1, 0.15) is 38.7 Å². The third-order valence-electron chi connectivity index (χ3n) is 7.02. The minimum Gasteiger partial charge on any atom is -0.490 e. The molecule has 3 unspecified atom stereocenters. The SMILES string of the molecule is CN1C(=O)C2(CC(C3CCOC(C)(C)C3)Oc3ccc(-c4ccc(F)c(F)c4)cc32)N=C1N. The first-order chi connectivity index (χ1) is 15.6. The average Bonchev–Trinajstić information content (AvgIpc) is 2.98. The number of aliphatic imine (C=N–C) groups is 1. The summed E-state index contributed by atoms with van der Waals surface area (Å²) in [6.45, 7) is 4.75. The second-order valence-electron chi connectivity index (χ2n) is 9.76. The number of carbonyl (C=O) groups excluding carboxylic acids is 1. The monoisotopic (exact) mass is 455 g/mol. The van der Waals surface area contributed by atoms with E-state index in [9.17, 15) is 13.6 Å². The van der Waals surface area contributed by atoms with Gasteiger partial charge in [0.2, 0.25) is 0 Å². The number of carbonyl (C=O) groups is 1. The molecule has 8 heteroatoms. The number of fused-ring (bicyclic) bond motifs is 2. The predicted molar refractivity (Wildman–Crippen MR) is 120 cm³/mol. The second kappa shape index (κ2) is 7.52. The van der Waals surface area contributed by atoms with Crippen molar-refractivity contribution < 1.29 is 23.0 Å². The van der Waals surface area contributed by atoms with Crippen LogP contribution in [0.2, 0.25) is 0 Å². The minimum absolute atomic E-state index is 0.150. The summed E-state index contributed by atoms with van der Waals surface area (Å²) >= 11 is 0. The summed E-state index contributed by atoms with van der Waals surface area (Å²) in [5.41, 5.74) is 6.32. The van der Waals surface area contributed by atoms with Crippen LogP contribution in [0.25, 0.3) is 11.1 Å². The molecule has 1 amide bonds. The maximum absolute atomic E-state index is 13.9. The molecule has 3 atom stereocenters. The summed E-state index contributed by atoms with van der Waals surface area (Å²) in [6.07, 6.45) is 1.75. The van der Waals surface area contributed by atoms with Crippen molar-refractivity contribution in [3.05, 3.63) is 53.6 Å². The molecule has 3 aliphatic rings. The summed E-state index contributed by atoms with van der Waals surface area (Å²) in [5.74, 6) is -1.16. The molecule has 0 saturated carbocycles. The third-order valence-corrected chi connectivity index (χ3v) is 7.02. The second-order valence-corrected chi connectivity index (χ2v) is 9.76. The van der Waals surface area contributed by atoms with Gasteiger partial charge in [0.25, 0.3) is 5.91 Å². The normalized spacial score (nSPS) is 28.5. The minimum atomic E-state index is -1.21. The van der Waals surface area contributed by atoms with Crippen LogP contribution in [-0.2, 0) is 15.1 Å². The van der Waals surface area contributed by atoms with Gasteiger partial charge in [-0.2, -0.15) is 0 Å². The van der Waals surface area contributed by atoms with Crippen molar-refractivity contribution in [1.29, 1.82) is 0 Å². The van der Waals surface area contributed by atoms with Gasteiger partial charge in [-0.05, 0) is 62.1 Å². The van der Waals surface area contributed by atoms with E-state index < -0.39 is 17.2 Å². The van der Waals surface area contributed by atoms with Crippen molar-refractivity contribution >= 4 is 11.9 Å². The van der Waals surface area contributed by atoms with E-state index in [2.05, 4.69) is 18.8 Å². The summed E-state index contributed by atoms with van der Waals surface area (Å²) in [5, 5.41) is 0. The molecule has 0 radical (unpaired) electrons. The molecule has 1 saturated heterocycles. The molecule has 174 valence electrons. The average molecular weight is 456 g/mol. The van der Waals surface area contributed by atoms with Gasteiger partial charge >= 0.3 is 0 Å². The van der Waals surface area contributed by atoms with Crippen molar-refractivity contribution in [1.82, 2.24) is 4.90 Å². The molecule has 3 aliphatic heterocycles. The molecule has 2 N–H and O–H groups in total. The number of hydrogen-bond acceptors (Lipinski definition) is 5. The summed E-state index contributed by atoms with van der Waals surface area (Å²) < 4.78 is 39.6. The predicted octanol–water partition coefficient (Wildman–Crippen LogP) is 3.97. The highest BCUT2D eigenvalue weighted by Crippen LogP contribution is 2.49. The van der Waals surface area contributed by atoms with Crippen LogP contribution >= 0.6 is 0 Å². The van der Waals surface area contributed by atoms with E-state index in [-0.39, 0.29) is 29.5 Å². The van der Waals surface area contributed by atoms with E-state index in [1.807, 2.05) is 0 Å². The number of hydrogen-bond donors (Lipinski definition) is 1. The number of amides is 1. The number of guanidine groups is 1. The smallest absolute Gasteiger partial charge is 0.261 e. The van der Waals surface area contributed by atoms with Crippen LogP contribution in [0.4, 0.5) is 8.78 Å². The Morgan fingerprint density at radius 1 is 1.09 bits per heavy atom. The fourth-order valence-electron chi connectivity index (χ4n) is 5.28. The number of halogens is 2. The van der Waals surface area contributed by atoms with Gasteiger partial charge in [0.15, 0.2) is 23.1 Å². The molecular formula is C25H27F2N3O3. The van der Waals surface area contributed by atoms with Crippen molar-refractivity contribution in [3.8, 4) is 16.9 Å². The maximum Gasteiger partial charge on any atom is 0.261 e. The van der Waals surface area contributed by atoms with E-state index >= 15 is 0 Å². The Bertz CT molecular complexity index is 1170. The lowest BCUT2D eigenvalue weighted by atomic mass is 9.74. The molecule has 33 heavy (non-hydrogen) atoms. The highest BCUT2D eigenvalue weighted by molar-refractivity contribution is 6.07. The van der Waals surface area contributed by atoms with Crippen LogP contribution in [0.3, 0.4) is 0 Å². The molecule has 2 aromatic carbocycles. The number of likely N-dealkylation sites (N-methyl/N-ethyl adjacent to an activating group) is 1. The Labute approximate surface area is 191 Å². The Morgan fingerprint density at radius 2 is 1.82 bits per heavy atom. The van der Waals surface area contributed by atoms with Crippen molar-refractivity contribution in [3.63, 3.8) is 0 Å². The molecule has 1 fully saturated rings. The van der Waals surface area contributed by atoms with E-state index in [1.54, 1.807) is 25.2 Å². The van der Waals surface area contributed by atoms with Crippen molar-refractivity contribution in [2.75, 3.05) is 13.7 Å².